The highest BCUT2D eigenvalue weighted by atomic mass is 19.1. The number of quaternary nitrogens is 1. The number of hydrogen-bond acceptors (Lipinski definition) is 2. The summed E-state index contributed by atoms with van der Waals surface area (Å²) in [5.74, 6) is -0.733. The maximum atomic E-state index is 13.8. The van der Waals surface area contributed by atoms with E-state index in [1.165, 1.54) is 12.1 Å². The molecule has 0 saturated carbocycles. The second kappa shape index (κ2) is 9.80. The van der Waals surface area contributed by atoms with Crippen molar-refractivity contribution in [2.24, 2.45) is 0 Å². The highest BCUT2D eigenvalue weighted by Crippen LogP contribution is 2.17. The van der Waals surface area contributed by atoms with E-state index in [2.05, 4.69) is 5.32 Å². The van der Waals surface area contributed by atoms with Crippen LogP contribution in [-0.4, -0.2) is 12.5 Å². The van der Waals surface area contributed by atoms with E-state index in [1.807, 2.05) is 30.3 Å². The second-order valence-electron chi connectivity index (χ2n) is 6.74. The third-order valence-corrected chi connectivity index (χ3v) is 4.50. The Kier molecular flexibility index (Phi) is 6.92. The largest absolute Gasteiger partial charge is 0.489 e. The molecule has 0 aliphatic carbocycles. The van der Waals surface area contributed by atoms with E-state index in [1.54, 1.807) is 36.5 Å². The maximum absolute atomic E-state index is 13.8. The molecule has 0 aromatic heterocycles. The van der Waals surface area contributed by atoms with Gasteiger partial charge in [0.25, 0.3) is 5.91 Å². The summed E-state index contributed by atoms with van der Waals surface area (Å²) in [6, 6.07) is 20.1. The minimum Gasteiger partial charge on any atom is -0.489 e. The molecule has 0 spiro atoms. The molecule has 1 atom stereocenters. The SMILES string of the molecule is C[C@H]([NH2+]CC(=O)Nc1ccc(OCc2ccccc2)cc1)c1ccc(F)cc1F. The molecular formula is C23H23F2N2O2+. The molecule has 0 radical (unpaired) electrons. The molecule has 1 amide bonds. The molecule has 3 rings (SSSR count). The lowest BCUT2D eigenvalue weighted by Gasteiger charge is -2.12. The van der Waals surface area contributed by atoms with E-state index in [0.29, 0.717) is 23.6 Å². The topological polar surface area (TPSA) is 54.9 Å². The van der Waals surface area contributed by atoms with Crippen LogP contribution >= 0.6 is 0 Å². The van der Waals surface area contributed by atoms with Gasteiger partial charge in [0.15, 0.2) is 6.54 Å². The van der Waals surface area contributed by atoms with Gasteiger partial charge in [0.05, 0.1) is 0 Å². The van der Waals surface area contributed by atoms with Crippen LogP contribution in [0.4, 0.5) is 14.5 Å². The summed E-state index contributed by atoms with van der Waals surface area (Å²) in [7, 11) is 0. The standard InChI is InChI=1S/C23H22F2N2O2/c1-16(21-12-7-18(24)13-22(21)25)26-14-23(28)27-19-8-10-20(11-9-19)29-15-17-5-3-2-4-6-17/h2-13,16,26H,14-15H2,1H3,(H,27,28)/p+1/t16-/m0/s1. The first-order valence-electron chi connectivity index (χ1n) is 9.36. The summed E-state index contributed by atoms with van der Waals surface area (Å²) in [5.41, 5.74) is 2.09. The van der Waals surface area contributed by atoms with Crippen LogP contribution in [0, 0.1) is 11.6 Å². The number of benzene rings is 3. The fourth-order valence-corrected chi connectivity index (χ4v) is 2.87. The molecule has 150 valence electrons. The predicted octanol–water partition coefficient (Wildman–Crippen LogP) is 3.81. The molecule has 0 aliphatic heterocycles. The Labute approximate surface area is 168 Å². The van der Waals surface area contributed by atoms with Crippen molar-refractivity contribution in [1.82, 2.24) is 0 Å². The van der Waals surface area contributed by atoms with Crippen LogP contribution in [0.1, 0.15) is 24.1 Å². The minimum absolute atomic E-state index is 0.115. The molecule has 3 aromatic rings. The molecule has 0 fully saturated rings. The van der Waals surface area contributed by atoms with Gasteiger partial charge in [0.1, 0.15) is 30.0 Å². The summed E-state index contributed by atoms with van der Waals surface area (Å²) >= 11 is 0. The molecule has 0 saturated heterocycles. The average molecular weight is 397 g/mol. The number of carbonyl (C=O) groups excluding carboxylic acids is 1. The Morgan fingerprint density at radius 3 is 2.45 bits per heavy atom. The van der Waals surface area contributed by atoms with Crippen LogP contribution in [0.2, 0.25) is 0 Å². The first kappa shape index (κ1) is 20.5. The lowest BCUT2D eigenvalue weighted by atomic mass is 10.1. The predicted molar refractivity (Wildman–Crippen MR) is 107 cm³/mol. The molecule has 0 bridgehead atoms. The summed E-state index contributed by atoms with van der Waals surface area (Å²) in [5, 5.41) is 4.49. The molecule has 3 aromatic carbocycles. The molecular weight excluding hydrogens is 374 g/mol. The van der Waals surface area contributed by atoms with Crippen LogP contribution in [0.5, 0.6) is 5.75 Å². The van der Waals surface area contributed by atoms with Crippen molar-refractivity contribution in [2.45, 2.75) is 19.6 Å². The van der Waals surface area contributed by atoms with E-state index in [9.17, 15) is 13.6 Å². The molecule has 0 heterocycles. The number of halogens is 2. The summed E-state index contributed by atoms with van der Waals surface area (Å²) in [6.07, 6.45) is 0. The third-order valence-electron chi connectivity index (χ3n) is 4.50. The van der Waals surface area contributed by atoms with Gasteiger partial charge >= 0.3 is 0 Å². The fourth-order valence-electron chi connectivity index (χ4n) is 2.87. The van der Waals surface area contributed by atoms with Crippen molar-refractivity contribution in [3.05, 3.63) is 95.6 Å². The van der Waals surface area contributed by atoms with Crippen LogP contribution in [0.15, 0.2) is 72.8 Å². The van der Waals surface area contributed by atoms with Crippen molar-refractivity contribution >= 4 is 11.6 Å². The van der Waals surface area contributed by atoms with Crippen LogP contribution in [0.3, 0.4) is 0 Å². The lowest BCUT2D eigenvalue weighted by Crippen LogP contribution is -2.86. The van der Waals surface area contributed by atoms with Crippen molar-refractivity contribution in [3.8, 4) is 5.75 Å². The Morgan fingerprint density at radius 1 is 1.03 bits per heavy atom. The first-order chi connectivity index (χ1) is 14.0. The molecule has 29 heavy (non-hydrogen) atoms. The van der Waals surface area contributed by atoms with Crippen LogP contribution < -0.4 is 15.4 Å². The van der Waals surface area contributed by atoms with Crippen LogP contribution in [-0.2, 0) is 11.4 Å². The zero-order valence-electron chi connectivity index (χ0n) is 16.1. The van der Waals surface area contributed by atoms with Crippen LogP contribution in [0.25, 0.3) is 0 Å². The van der Waals surface area contributed by atoms with Crippen molar-refractivity contribution in [3.63, 3.8) is 0 Å². The third kappa shape index (κ3) is 6.12. The Balaban J connectivity index is 1.46. The minimum atomic E-state index is -0.618. The van der Waals surface area contributed by atoms with Gasteiger partial charge in [-0.3, -0.25) is 4.79 Å². The van der Waals surface area contributed by atoms with E-state index in [0.717, 1.165) is 11.6 Å². The van der Waals surface area contributed by atoms with Gasteiger partial charge in [-0.1, -0.05) is 30.3 Å². The number of rotatable bonds is 8. The summed E-state index contributed by atoms with van der Waals surface area (Å²) in [4.78, 5) is 12.2. The lowest BCUT2D eigenvalue weighted by molar-refractivity contribution is -0.682. The Bertz CT molecular complexity index is 947. The number of hydrogen-bond donors (Lipinski definition) is 2. The average Bonchev–Trinajstić information content (AvgIpc) is 2.72. The molecule has 6 heteroatoms. The van der Waals surface area contributed by atoms with E-state index >= 15 is 0 Å². The first-order valence-corrected chi connectivity index (χ1v) is 9.36. The van der Waals surface area contributed by atoms with Gasteiger partial charge in [0, 0.05) is 17.3 Å². The molecule has 0 unspecified atom stereocenters. The fraction of sp³-hybridized carbons (Fsp3) is 0.174. The monoisotopic (exact) mass is 397 g/mol. The van der Waals surface area contributed by atoms with Gasteiger partial charge in [-0.25, -0.2) is 8.78 Å². The van der Waals surface area contributed by atoms with Gasteiger partial charge in [-0.2, -0.15) is 0 Å². The number of nitrogens with two attached hydrogens (primary N) is 1. The Hall–Kier alpha value is -3.25. The van der Waals surface area contributed by atoms with Gasteiger partial charge in [-0.05, 0) is 48.9 Å². The summed E-state index contributed by atoms with van der Waals surface area (Å²) in [6.45, 7) is 2.35. The number of amides is 1. The maximum Gasteiger partial charge on any atom is 0.279 e. The van der Waals surface area contributed by atoms with Crippen molar-refractivity contribution in [2.75, 3.05) is 11.9 Å². The highest BCUT2D eigenvalue weighted by molar-refractivity contribution is 5.91. The van der Waals surface area contributed by atoms with E-state index in [-0.39, 0.29) is 18.5 Å². The van der Waals surface area contributed by atoms with Gasteiger partial charge < -0.3 is 15.4 Å². The van der Waals surface area contributed by atoms with Crippen molar-refractivity contribution in [1.29, 1.82) is 0 Å². The van der Waals surface area contributed by atoms with E-state index in [4.69, 9.17) is 4.74 Å². The zero-order valence-corrected chi connectivity index (χ0v) is 16.1. The number of anilines is 1. The Morgan fingerprint density at radius 2 is 1.76 bits per heavy atom. The highest BCUT2D eigenvalue weighted by Gasteiger charge is 2.16. The van der Waals surface area contributed by atoms with Gasteiger partial charge in [-0.15, -0.1) is 0 Å². The van der Waals surface area contributed by atoms with Crippen molar-refractivity contribution < 1.29 is 23.6 Å². The summed E-state index contributed by atoms with van der Waals surface area (Å²) < 4.78 is 32.5. The number of carbonyl (C=O) groups is 1. The normalized spacial score (nSPS) is 11.7. The molecule has 0 aliphatic rings. The number of nitrogens with one attached hydrogen (secondary N) is 1. The smallest absolute Gasteiger partial charge is 0.279 e. The molecule has 4 nitrogen and oxygen atoms in total. The second-order valence-corrected chi connectivity index (χ2v) is 6.74. The zero-order chi connectivity index (χ0) is 20.6. The van der Waals surface area contributed by atoms with Gasteiger partial charge in [0.2, 0.25) is 0 Å². The van der Waals surface area contributed by atoms with E-state index < -0.39 is 11.6 Å². The number of ether oxygens (including phenoxy) is 1. The quantitative estimate of drug-likeness (QED) is 0.607. The molecule has 3 N–H and O–H groups in total.